The molecule has 1 aromatic rings. The van der Waals surface area contributed by atoms with E-state index < -0.39 is 23.1 Å². The minimum absolute atomic E-state index is 0.133. The molecule has 0 aliphatic carbocycles. The Labute approximate surface area is 125 Å². The van der Waals surface area contributed by atoms with Crippen LogP contribution < -0.4 is 5.73 Å². The lowest BCUT2D eigenvalue weighted by Crippen LogP contribution is -2.46. The van der Waals surface area contributed by atoms with E-state index in [1.807, 2.05) is 13.8 Å². The van der Waals surface area contributed by atoms with Gasteiger partial charge in [-0.25, -0.2) is 8.78 Å². The van der Waals surface area contributed by atoms with Crippen LogP contribution in [0.15, 0.2) is 18.2 Å². The molecular weight excluding hydrogens is 274 g/mol. The molecule has 0 heterocycles. The predicted molar refractivity (Wildman–Crippen MR) is 79.6 cm³/mol. The number of carbonyl (C=O) groups excluding carboxylic acids is 1. The molecule has 3 nitrogen and oxygen atoms in total. The van der Waals surface area contributed by atoms with Gasteiger partial charge in [0, 0.05) is 19.2 Å². The molecule has 1 unspecified atom stereocenters. The van der Waals surface area contributed by atoms with Gasteiger partial charge in [0.05, 0.1) is 11.5 Å². The number of halogens is 2. The molecule has 0 bridgehead atoms. The van der Waals surface area contributed by atoms with Crippen molar-refractivity contribution in [1.82, 2.24) is 4.90 Å². The number of hydrogen-bond donors (Lipinski definition) is 1. The van der Waals surface area contributed by atoms with Gasteiger partial charge in [0.25, 0.3) is 0 Å². The van der Waals surface area contributed by atoms with E-state index in [2.05, 4.69) is 0 Å². The van der Waals surface area contributed by atoms with E-state index in [0.29, 0.717) is 12.8 Å². The summed E-state index contributed by atoms with van der Waals surface area (Å²) in [5, 5.41) is 0. The molecule has 2 N–H and O–H groups in total. The van der Waals surface area contributed by atoms with E-state index in [1.165, 1.54) is 4.90 Å². The average molecular weight is 298 g/mol. The molecule has 0 spiro atoms. The van der Waals surface area contributed by atoms with Gasteiger partial charge >= 0.3 is 0 Å². The van der Waals surface area contributed by atoms with Gasteiger partial charge < -0.3 is 10.6 Å². The number of nitrogens with two attached hydrogens (primary N) is 1. The molecule has 1 amide bonds. The maximum absolute atomic E-state index is 13.9. The van der Waals surface area contributed by atoms with Crippen molar-refractivity contribution >= 4 is 5.91 Å². The van der Waals surface area contributed by atoms with Gasteiger partial charge in [0.15, 0.2) is 0 Å². The van der Waals surface area contributed by atoms with Crippen LogP contribution in [0.5, 0.6) is 0 Å². The van der Waals surface area contributed by atoms with Crippen LogP contribution in [0.1, 0.15) is 45.2 Å². The highest BCUT2D eigenvalue weighted by atomic mass is 19.1. The molecule has 0 aliphatic rings. The molecule has 5 heteroatoms. The lowest BCUT2D eigenvalue weighted by Gasteiger charge is -2.36. The van der Waals surface area contributed by atoms with Crippen LogP contribution in [0, 0.1) is 17.0 Å². The molecule has 0 saturated carbocycles. The van der Waals surface area contributed by atoms with Crippen LogP contribution in [0.3, 0.4) is 0 Å². The molecule has 1 atom stereocenters. The van der Waals surface area contributed by atoms with Gasteiger partial charge in [-0.2, -0.15) is 0 Å². The van der Waals surface area contributed by atoms with Crippen LogP contribution in [0.2, 0.25) is 0 Å². The van der Waals surface area contributed by atoms with E-state index in [1.54, 1.807) is 14.0 Å². The summed E-state index contributed by atoms with van der Waals surface area (Å²) >= 11 is 0. The zero-order valence-corrected chi connectivity index (χ0v) is 13.1. The number of nitrogens with zero attached hydrogens (tertiary/aromatic N) is 1. The topological polar surface area (TPSA) is 46.3 Å². The number of benzene rings is 1. The first kappa shape index (κ1) is 17.6. The molecule has 0 radical (unpaired) electrons. The normalized spacial score (nSPS) is 13.1. The van der Waals surface area contributed by atoms with Crippen molar-refractivity contribution in [3.05, 3.63) is 35.4 Å². The van der Waals surface area contributed by atoms with Crippen LogP contribution in [-0.4, -0.2) is 24.4 Å². The van der Waals surface area contributed by atoms with E-state index in [9.17, 15) is 13.6 Å². The number of rotatable bonds is 6. The SMILES string of the molecule is CCC(CC)(CN)C(=O)N(C)C(C)c1cc(F)ccc1F. The largest absolute Gasteiger partial charge is 0.338 e. The van der Waals surface area contributed by atoms with Gasteiger partial charge in [0.1, 0.15) is 11.6 Å². The monoisotopic (exact) mass is 298 g/mol. The Hall–Kier alpha value is -1.49. The van der Waals surface area contributed by atoms with Gasteiger partial charge in [0.2, 0.25) is 5.91 Å². The molecule has 1 rings (SSSR count). The summed E-state index contributed by atoms with van der Waals surface area (Å²) in [5.41, 5.74) is 5.30. The molecule has 0 fully saturated rings. The zero-order chi connectivity index (χ0) is 16.2. The first-order chi connectivity index (χ1) is 9.82. The third-order valence-corrected chi connectivity index (χ3v) is 4.51. The Balaban J connectivity index is 3.09. The first-order valence-electron chi connectivity index (χ1n) is 7.25. The third kappa shape index (κ3) is 3.40. The number of amides is 1. The highest BCUT2D eigenvalue weighted by molar-refractivity contribution is 5.83. The predicted octanol–water partition coefficient (Wildman–Crippen LogP) is 3.25. The third-order valence-electron chi connectivity index (χ3n) is 4.51. The number of hydrogen-bond acceptors (Lipinski definition) is 2. The van der Waals surface area contributed by atoms with Crippen molar-refractivity contribution in [1.29, 1.82) is 0 Å². The molecule has 118 valence electrons. The summed E-state index contributed by atoms with van der Waals surface area (Å²) in [4.78, 5) is 14.2. The zero-order valence-electron chi connectivity index (χ0n) is 13.1. The molecule has 0 aromatic heterocycles. The van der Waals surface area contributed by atoms with Gasteiger partial charge in [-0.1, -0.05) is 13.8 Å². The van der Waals surface area contributed by atoms with Crippen LogP contribution in [-0.2, 0) is 4.79 Å². The van der Waals surface area contributed by atoms with E-state index in [4.69, 9.17) is 5.73 Å². The Kier molecular flexibility index (Phi) is 5.84. The van der Waals surface area contributed by atoms with Crippen LogP contribution in [0.25, 0.3) is 0 Å². The molecule has 0 saturated heterocycles. The second kappa shape index (κ2) is 6.98. The van der Waals surface area contributed by atoms with Crippen molar-refractivity contribution in [2.75, 3.05) is 13.6 Å². The van der Waals surface area contributed by atoms with Crippen LogP contribution in [0.4, 0.5) is 8.78 Å². The van der Waals surface area contributed by atoms with E-state index >= 15 is 0 Å². The summed E-state index contributed by atoms with van der Waals surface area (Å²) < 4.78 is 27.2. The lowest BCUT2D eigenvalue weighted by molar-refractivity contribution is -0.142. The summed E-state index contributed by atoms with van der Waals surface area (Å²) in [5.74, 6) is -1.17. The highest BCUT2D eigenvalue weighted by Crippen LogP contribution is 2.31. The fraction of sp³-hybridized carbons (Fsp3) is 0.562. The summed E-state index contributed by atoms with van der Waals surface area (Å²) in [7, 11) is 1.60. The summed E-state index contributed by atoms with van der Waals surface area (Å²) in [6, 6.07) is 2.72. The van der Waals surface area contributed by atoms with Crippen molar-refractivity contribution in [2.45, 2.75) is 39.7 Å². The maximum atomic E-state index is 13.9. The Morgan fingerprint density at radius 1 is 1.33 bits per heavy atom. The molecule has 21 heavy (non-hydrogen) atoms. The van der Waals surface area contributed by atoms with Crippen molar-refractivity contribution < 1.29 is 13.6 Å². The Morgan fingerprint density at radius 2 is 1.90 bits per heavy atom. The minimum atomic E-state index is -0.646. The van der Waals surface area contributed by atoms with Crippen molar-refractivity contribution in [2.24, 2.45) is 11.1 Å². The summed E-state index contributed by atoms with van der Waals surface area (Å²) in [6.45, 7) is 5.74. The van der Waals surface area contributed by atoms with Gasteiger partial charge in [-0.15, -0.1) is 0 Å². The average Bonchev–Trinajstić information content (AvgIpc) is 2.50. The lowest BCUT2D eigenvalue weighted by atomic mass is 9.80. The smallest absolute Gasteiger partial charge is 0.230 e. The maximum Gasteiger partial charge on any atom is 0.230 e. The first-order valence-corrected chi connectivity index (χ1v) is 7.25. The minimum Gasteiger partial charge on any atom is -0.338 e. The fourth-order valence-corrected chi connectivity index (χ4v) is 2.52. The molecular formula is C16H24F2N2O. The fourth-order valence-electron chi connectivity index (χ4n) is 2.52. The second-order valence-electron chi connectivity index (χ2n) is 5.45. The standard InChI is InChI=1S/C16H24F2N2O/c1-5-16(6-2,10-19)15(21)20(4)11(3)13-9-12(17)7-8-14(13)18/h7-9,11H,5-6,10,19H2,1-4H3. The quantitative estimate of drug-likeness (QED) is 0.876. The van der Waals surface area contributed by atoms with Gasteiger partial charge in [-0.3, -0.25) is 4.79 Å². The van der Waals surface area contributed by atoms with Gasteiger partial charge in [-0.05, 0) is 38.0 Å². The summed E-state index contributed by atoms with van der Waals surface area (Å²) in [6.07, 6.45) is 1.23. The second-order valence-corrected chi connectivity index (χ2v) is 5.45. The molecule has 0 aliphatic heterocycles. The van der Waals surface area contributed by atoms with E-state index in [0.717, 1.165) is 18.2 Å². The van der Waals surface area contributed by atoms with Crippen molar-refractivity contribution in [3.8, 4) is 0 Å². The Bertz CT molecular complexity index is 493. The molecule has 1 aromatic carbocycles. The highest BCUT2D eigenvalue weighted by Gasteiger charge is 2.37. The van der Waals surface area contributed by atoms with Crippen molar-refractivity contribution in [3.63, 3.8) is 0 Å². The number of carbonyl (C=O) groups is 1. The van der Waals surface area contributed by atoms with Crippen LogP contribution >= 0.6 is 0 Å². The Morgan fingerprint density at radius 3 is 2.38 bits per heavy atom. The van der Waals surface area contributed by atoms with E-state index in [-0.39, 0.29) is 18.0 Å².